The lowest BCUT2D eigenvalue weighted by molar-refractivity contribution is 0.0625. The Morgan fingerprint density at radius 1 is 1.27 bits per heavy atom. The fraction of sp³-hybridized carbons (Fsp3) is 0.714. The fourth-order valence-corrected chi connectivity index (χ4v) is 6.89. The summed E-state index contributed by atoms with van der Waals surface area (Å²) in [6.45, 7) is 7.62. The minimum atomic E-state index is -2.87. The highest BCUT2D eigenvalue weighted by Crippen LogP contribution is 2.26. The number of thiophene rings is 1. The summed E-state index contributed by atoms with van der Waals surface area (Å²) in [5.74, 6) is 0.492. The quantitative estimate of drug-likeness (QED) is 0.710. The largest absolute Gasteiger partial charge is 0.379 e. The molecular formula is C21H32N4O3S2. The Hall–Kier alpha value is -1.29. The van der Waals surface area contributed by atoms with E-state index in [0.717, 1.165) is 51.3 Å². The molecule has 1 atom stereocenters. The van der Waals surface area contributed by atoms with Crippen LogP contribution in [0.15, 0.2) is 12.3 Å². The van der Waals surface area contributed by atoms with E-state index < -0.39 is 9.84 Å². The molecule has 0 amide bonds. The first-order valence-electron chi connectivity index (χ1n) is 11.0. The summed E-state index contributed by atoms with van der Waals surface area (Å²) in [6.07, 6.45) is 6.40. The van der Waals surface area contributed by atoms with Crippen LogP contribution in [0, 0.1) is 0 Å². The number of nitrogens with zero attached hydrogens (tertiary/aromatic N) is 4. The molecule has 0 radical (unpaired) electrons. The number of aryl methyl sites for hydroxylation is 1. The molecule has 30 heavy (non-hydrogen) atoms. The maximum atomic E-state index is 11.7. The molecular weight excluding hydrogens is 420 g/mol. The predicted octanol–water partition coefficient (Wildman–Crippen LogP) is 2.66. The number of sulfone groups is 1. The van der Waals surface area contributed by atoms with Gasteiger partial charge in [0.2, 0.25) is 0 Å². The van der Waals surface area contributed by atoms with E-state index in [2.05, 4.69) is 35.1 Å². The highest BCUT2D eigenvalue weighted by molar-refractivity contribution is 7.91. The van der Waals surface area contributed by atoms with Crippen molar-refractivity contribution in [1.82, 2.24) is 19.9 Å². The molecule has 2 aliphatic heterocycles. The van der Waals surface area contributed by atoms with E-state index in [1.54, 1.807) is 0 Å². The zero-order valence-corrected chi connectivity index (χ0v) is 19.6. The van der Waals surface area contributed by atoms with E-state index in [9.17, 15) is 8.42 Å². The van der Waals surface area contributed by atoms with E-state index in [0.29, 0.717) is 18.9 Å². The Balaban J connectivity index is 1.43. The van der Waals surface area contributed by atoms with Gasteiger partial charge in [-0.3, -0.25) is 4.90 Å². The first-order valence-corrected chi connectivity index (χ1v) is 13.6. The molecule has 1 saturated heterocycles. The van der Waals surface area contributed by atoms with Crippen molar-refractivity contribution in [2.75, 3.05) is 31.3 Å². The molecule has 2 aromatic heterocycles. The molecule has 4 heterocycles. The maximum absolute atomic E-state index is 11.7. The third-order valence-corrected chi connectivity index (χ3v) is 9.34. The van der Waals surface area contributed by atoms with Gasteiger partial charge in [-0.25, -0.2) is 13.1 Å². The van der Waals surface area contributed by atoms with Crippen molar-refractivity contribution in [3.05, 3.63) is 33.3 Å². The van der Waals surface area contributed by atoms with E-state index >= 15 is 0 Å². The van der Waals surface area contributed by atoms with Gasteiger partial charge in [0.1, 0.15) is 9.84 Å². The lowest BCUT2D eigenvalue weighted by atomic mass is 10.1. The van der Waals surface area contributed by atoms with Crippen molar-refractivity contribution in [3.63, 3.8) is 0 Å². The molecule has 0 saturated carbocycles. The van der Waals surface area contributed by atoms with Crippen LogP contribution in [-0.2, 0) is 40.4 Å². The Kier molecular flexibility index (Phi) is 6.91. The van der Waals surface area contributed by atoms with Gasteiger partial charge < -0.3 is 4.74 Å². The molecule has 0 spiro atoms. The van der Waals surface area contributed by atoms with Gasteiger partial charge in [0.05, 0.1) is 42.7 Å². The van der Waals surface area contributed by atoms with Gasteiger partial charge in [0.25, 0.3) is 0 Å². The molecule has 7 nitrogen and oxygen atoms in total. The van der Waals surface area contributed by atoms with Crippen LogP contribution in [0.2, 0.25) is 0 Å². The van der Waals surface area contributed by atoms with Crippen molar-refractivity contribution < 1.29 is 13.2 Å². The van der Waals surface area contributed by atoms with Crippen molar-refractivity contribution in [3.8, 4) is 0 Å². The van der Waals surface area contributed by atoms with Crippen LogP contribution in [0.5, 0.6) is 0 Å². The molecule has 2 aliphatic rings. The summed E-state index contributed by atoms with van der Waals surface area (Å²) in [6, 6.07) is 2.81. The van der Waals surface area contributed by atoms with Crippen LogP contribution in [0.4, 0.5) is 0 Å². The van der Waals surface area contributed by atoms with Crippen molar-refractivity contribution in [2.45, 2.75) is 64.6 Å². The third-order valence-electron chi connectivity index (χ3n) is 6.24. The third kappa shape index (κ3) is 5.30. The molecule has 2 aromatic rings. The van der Waals surface area contributed by atoms with E-state index in [-0.39, 0.29) is 17.5 Å². The topological polar surface area (TPSA) is 77.3 Å². The van der Waals surface area contributed by atoms with Crippen molar-refractivity contribution in [1.29, 1.82) is 0 Å². The molecule has 0 unspecified atom stereocenters. The zero-order chi connectivity index (χ0) is 21.1. The van der Waals surface area contributed by atoms with Crippen LogP contribution in [0.3, 0.4) is 0 Å². The summed E-state index contributed by atoms with van der Waals surface area (Å²) in [4.78, 5) is 5.36. The molecule has 1 fully saturated rings. The number of hydrogen-bond acceptors (Lipinski definition) is 7. The Bertz CT molecular complexity index is 939. The minimum Gasteiger partial charge on any atom is -0.379 e. The van der Waals surface area contributed by atoms with Crippen molar-refractivity contribution >= 4 is 21.2 Å². The average molecular weight is 453 g/mol. The number of rotatable bonds is 4. The Labute approximate surface area is 183 Å². The second kappa shape index (κ2) is 9.46. The SMILES string of the molecule is CCc1cc2c(s1)CCOC[C@H](C)N(Cc1cn(C3CCS(=O)(=O)CC3)nn1)CC2. The van der Waals surface area contributed by atoms with E-state index in [4.69, 9.17) is 4.74 Å². The number of ether oxygens (including phenoxy) is 1. The summed E-state index contributed by atoms with van der Waals surface area (Å²) in [5.41, 5.74) is 2.40. The first-order chi connectivity index (χ1) is 14.4. The number of hydrogen-bond donors (Lipinski definition) is 0. The summed E-state index contributed by atoms with van der Waals surface area (Å²) < 4.78 is 31.2. The average Bonchev–Trinajstić information content (AvgIpc) is 3.35. The van der Waals surface area contributed by atoms with Gasteiger partial charge in [0.15, 0.2) is 0 Å². The first kappa shape index (κ1) is 21.9. The molecule has 0 bridgehead atoms. The maximum Gasteiger partial charge on any atom is 0.150 e. The van der Waals surface area contributed by atoms with Gasteiger partial charge in [-0.15, -0.1) is 16.4 Å². The van der Waals surface area contributed by atoms with Crippen LogP contribution in [0.1, 0.15) is 53.7 Å². The fourth-order valence-electron chi connectivity index (χ4n) is 4.28. The van der Waals surface area contributed by atoms with Crippen LogP contribution in [-0.4, -0.2) is 65.6 Å². The van der Waals surface area contributed by atoms with Crippen LogP contribution >= 0.6 is 11.3 Å². The summed E-state index contributed by atoms with van der Waals surface area (Å²) >= 11 is 1.93. The molecule has 0 aromatic carbocycles. The Morgan fingerprint density at radius 2 is 2.07 bits per heavy atom. The highest BCUT2D eigenvalue weighted by atomic mass is 32.2. The van der Waals surface area contributed by atoms with Crippen LogP contribution in [0.25, 0.3) is 0 Å². The molecule has 4 rings (SSSR count). The van der Waals surface area contributed by atoms with Gasteiger partial charge in [-0.05, 0) is 44.2 Å². The lowest BCUT2D eigenvalue weighted by Crippen LogP contribution is -2.38. The number of fused-ring (bicyclic) bond motifs is 1. The minimum absolute atomic E-state index is 0.135. The lowest BCUT2D eigenvalue weighted by Gasteiger charge is -2.29. The van der Waals surface area contributed by atoms with E-state index in [1.165, 1.54) is 15.3 Å². The van der Waals surface area contributed by atoms with Gasteiger partial charge >= 0.3 is 0 Å². The monoisotopic (exact) mass is 452 g/mol. The summed E-state index contributed by atoms with van der Waals surface area (Å²) in [7, 11) is -2.87. The predicted molar refractivity (Wildman–Crippen MR) is 119 cm³/mol. The Morgan fingerprint density at radius 3 is 2.83 bits per heavy atom. The van der Waals surface area contributed by atoms with Crippen LogP contribution < -0.4 is 0 Å². The van der Waals surface area contributed by atoms with Gasteiger partial charge in [-0.1, -0.05) is 12.1 Å². The zero-order valence-electron chi connectivity index (χ0n) is 17.9. The van der Waals surface area contributed by atoms with Gasteiger partial charge in [-0.2, -0.15) is 0 Å². The smallest absolute Gasteiger partial charge is 0.150 e. The molecule has 166 valence electrons. The number of aromatic nitrogens is 3. The standard InChI is InChI=1S/C21H32N4O3S2/c1-3-20-12-17-4-8-24(16(2)15-28-9-5-21(17)29-20)13-18-14-25(23-22-18)19-6-10-30(26,27)11-7-19/h12,14,16,19H,3-11,13,15H2,1-2H3/t16-/m0/s1. The molecule has 9 heteroatoms. The van der Waals surface area contributed by atoms with Gasteiger partial charge in [0, 0.05) is 35.3 Å². The second-order valence-electron chi connectivity index (χ2n) is 8.48. The second-order valence-corrected chi connectivity index (χ2v) is 12.0. The molecule has 0 aliphatic carbocycles. The van der Waals surface area contributed by atoms with E-state index in [1.807, 2.05) is 22.2 Å². The normalized spacial score (nSPS) is 23.9. The van der Waals surface area contributed by atoms with Crippen molar-refractivity contribution in [2.24, 2.45) is 0 Å². The highest BCUT2D eigenvalue weighted by Gasteiger charge is 2.26. The molecule has 0 N–H and O–H groups in total. The summed E-state index contributed by atoms with van der Waals surface area (Å²) in [5, 5.41) is 8.72.